The van der Waals surface area contributed by atoms with Crippen molar-refractivity contribution in [1.29, 1.82) is 0 Å². The SMILES string of the molecule is Cc1ccc(C)c(N(c2ccc3ccc4c(N(c5cc(C)ccc5C)c5cccc6c5oc5c(C7CCCCC7)cccc56)ccc5ccc2c3c54)c2cccc3c2oc2c(C4CCCCC4)cccc23)c1. The van der Waals surface area contributed by atoms with Crippen LogP contribution < -0.4 is 9.80 Å². The number of benzene rings is 10. The second kappa shape index (κ2) is 17.1. The highest BCUT2D eigenvalue weighted by Gasteiger charge is 2.29. The minimum Gasteiger partial charge on any atom is -0.454 e. The van der Waals surface area contributed by atoms with E-state index in [1.165, 1.54) is 141 Å². The molecule has 0 amide bonds. The van der Waals surface area contributed by atoms with Gasteiger partial charge in [0, 0.05) is 43.7 Å². The summed E-state index contributed by atoms with van der Waals surface area (Å²) < 4.78 is 14.5. The van der Waals surface area contributed by atoms with Crippen molar-refractivity contribution in [3.63, 3.8) is 0 Å². The van der Waals surface area contributed by atoms with Crippen LogP contribution in [-0.4, -0.2) is 0 Å². The summed E-state index contributed by atoms with van der Waals surface area (Å²) in [6.07, 6.45) is 12.7. The number of aryl methyl sites for hydroxylation is 4. The first kappa shape index (κ1) is 43.2. The van der Waals surface area contributed by atoms with Gasteiger partial charge in [0.25, 0.3) is 0 Å². The fourth-order valence-corrected chi connectivity index (χ4v) is 13.3. The first-order chi connectivity index (χ1) is 35.4. The van der Waals surface area contributed by atoms with Crippen molar-refractivity contribution >= 4 is 110 Å². The maximum absolute atomic E-state index is 7.26. The van der Waals surface area contributed by atoms with Gasteiger partial charge in [-0.3, -0.25) is 0 Å². The van der Waals surface area contributed by atoms with E-state index in [-0.39, 0.29) is 0 Å². The minimum absolute atomic E-state index is 0.528. The second-order valence-electron chi connectivity index (χ2n) is 21.5. The lowest BCUT2D eigenvalue weighted by Crippen LogP contribution is -2.13. The average molecular weight is 937 g/mol. The van der Waals surface area contributed by atoms with E-state index < -0.39 is 0 Å². The second-order valence-corrected chi connectivity index (χ2v) is 21.5. The third-order valence-electron chi connectivity index (χ3n) is 17.0. The molecular formula is C68H60N2O2. The Morgan fingerprint density at radius 1 is 0.333 bits per heavy atom. The Labute approximate surface area is 421 Å². The molecule has 0 N–H and O–H groups in total. The summed E-state index contributed by atoms with van der Waals surface area (Å²) in [7, 11) is 0. The Morgan fingerprint density at radius 2 is 0.722 bits per heavy atom. The first-order valence-electron chi connectivity index (χ1n) is 26.7. The Bertz CT molecular complexity index is 3820. The maximum Gasteiger partial charge on any atom is 0.159 e. The highest BCUT2D eigenvalue weighted by atomic mass is 16.3. The number of rotatable bonds is 8. The smallest absolute Gasteiger partial charge is 0.159 e. The van der Waals surface area contributed by atoms with Gasteiger partial charge in [-0.2, -0.15) is 0 Å². The molecule has 4 nitrogen and oxygen atoms in total. The van der Waals surface area contributed by atoms with Crippen LogP contribution in [-0.2, 0) is 0 Å². The number of fused-ring (bicyclic) bond motifs is 6. The third-order valence-corrected chi connectivity index (χ3v) is 17.0. The lowest BCUT2D eigenvalue weighted by atomic mass is 9.83. The molecule has 0 saturated heterocycles. The van der Waals surface area contributed by atoms with Crippen molar-refractivity contribution in [2.24, 2.45) is 0 Å². The van der Waals surface area contributed by atoms with Crippen molar-refractivity contribution in [2.75, 3.05) is 9.80 Å². The lowest BCUT2D eigenvalue weighted by Gasteiger charge is -2.30. The van der Waals surface area contributed by atoms with Crippen molar-refractivity contribution < 1.29 is 8.83 Å². The molecule has 0 spiro atoms. The van der Waals surface area contributed by atoms with E-state index in [4.69, 9.17) is 8.83 Å². The molecule has 14 rings (SSSR count). The van der Waals surface area contributed by atoms with E-state index in [2.05, 4.69) is 195 Å². The average Bonchev–Trinajstić information content (AvgIpc) is 4.01. The third kappa shape index (κ3) is 6.78. The van der Waals surface area contributed by atoms with E-state index >= 15 is 0 Å². The summed E-state index contributed by atoms with van der Waals surface area (Å²) in [5.41, 5.74) is 18.2. The van der Waals surface area contributed by atoms with Crippen LogP contribution in [0.2, 0.25) is 0 Å². The Kier molecular flexibility index (Phi) is 10.2. The number of hydrogen-bond donors (Lipinski definition) is 0. The molecule has 4 heteroatoms. The van der Waals surface area contributed by atoms with Gasteiger partial charge in [-0.25, -0.2) is 0 Å². The van der Waals surface area contributed by atoms with Crippen LogP contribution in [0.3, 0.4) is 0 Å². The summed E-state index contributed by atoms with van der Waals surface area (Å²) in [4.78, 5) is 4.98. The molecule has 2 aromatic heterocycles. The number of para-hydroxylation sites is 4. The highest BCUT2D eigenvalue weighted by molar-refractivity contribution is 6.29. The first-order valence-corrected chi connectivity index (χ1v) is 26.7. The summed E-state index contributed by atoms with van der Waals surface area (Å²) in [6.45, 7) is 8.89. The molecule has 10 aromatic carbocycles. The molecule has 354 valence electrons. The van der Waals surface area contributed by atoms with Crippen LogP contribution in [0, 0.1) is 27.7 Å². The van der Waals surface area contributed by atoms with Crippen molar-refractivity contribution in [2.45, 2.75) is 104 Å². The van der Waals surface area contributed by atoms with Crippen LogP contribution >= 0.6 is 0 Å². The van der Waals surface area contributed by atoms with E-state index in [1.54, 1.807) is 0 Å². The molecule has 0 unspecified atom stereocenters. The quantitative estimate of drug-likeness (QED) is 0.142. The van der Waals surface area contributed by atoms with Gasteiger partial charge in [0.05, 0.1) is 22.7 Å². The maximum atomic E-state index is 7.26. The van der Waals surface area contributed by atoms with Gasteiger partial charge in [0.1, 0.15) is 11.2 Å². The highest BCUT2D eigenvalue weighted by Crippen LogP contribution is 2.52. The fraction of sp³-hybridized carbons (Fsp3) is 0.235. The van der Waals surface area contributed by atoms with E-state index in [0.717, 1.165) is 67.2 Å². The molecular weight excluding hydrogens is 877 g/mol. The predicted molar refractivity (Wildman–Crippen MR) is 305 cm³/mol. The molecule has 2 heterocycles. The Morgan fingerprint density at radius 3 is 1.15 bits per heavy atom. The zero-order valence-electron chi connectivity index (χ0n) is 41.9. The number of anilines is 6. The summed E-state index contributed by atoms with van der Waals surface area (Å²) >= 11 is 0. The van der Waals surface area contributed by atoms with Gasteiger partial charge in [-0.15, -0.1) is 0 Å². The van der Waals surface area contributed by atoms with Gasteiger partial charge in [0.15, 0.2) is 11.2 Å². The standard InChI is InChI=1S/C68H60N2O2/c1-41-27-29-43(3)61(39-41)69(59-25-13-23-53-51-21-11-19-49(65(51)71-67(53)59)45-15-7-5-8-16-45)57-37-33-47-32-36-56-58(38-34-48-31-35-55(57)63(47)64(48)56)70(62-40-42(2)28-30-44(62)4)60-26-14-24-54-52-22-12-20-50(66(52)72-68(54)60)46-17-9-6-10-18-46/h11-14,19-40,45-46H,5-10,15-18H2,1-4H3. The molecule has 2 aliphatic carbocycles. The van der Waals surface area contributed by atoms with Crippen molar-refractivity contribution in [3.8, 4) is 0 Å². The van der Waals surface area contributed by atoms with Crippen LogP contribution in [0.4, 0.5) is 34.1 Å². The Balaban J connectivity index is 1.01. The van der Waals surface area contributed by atoms with Gasteiger partial charge < -0.3 is 18.6 Å². The molecule has 2 fully saturated rings. The fourth-order valence-electron chi connectivity index (χ4n) is 13.3. The molecule has 0 atom stereocenters. The molecule has 0 aliphatic heterocycles. The zero-order chi connectivity index (χ0) is 48.2. The molecule has 2 saturated carbocycles. The van der Waals surface area contributed by atoms with Crippen LogP contribution in [0.15, 0.2) is 167 Å². The van der Waals surface area contributed by atoms with Crippen LogP contribution in [0.5, 0.6) is 0 Å². The van der Waals surface area contributed by atoms with Crippen molar-refractivity contribution in [1.82, 2.24) is 0 Å². The van der Waals surface area contributed by atoms with Crippen molar-refractivity contribution in [3.05, 3.63) is 191 Å². The van der Waals surface area contributed by atoms with E-state index in [0.29, 0.717) is 11.8 Å². The summed E-state index contributed by atoms with van der Waals surface area (Å²) in [6, 6.07) is 59.6. The van der Waals surface area contributed by atoms with Gasteiger partial charge in [-0.1, -0.05) is 160 Å². The van der Waals surface area contributed by atoms with E-state index in [9.17, 15) is 0 Å². The Hall–Kier alpha value is -7.56. The molecule has 72 heavy (non-hydrogen) atoms. The zero-order valence-corrected chi connectivity index (χ0v) is 41.9. The number of nitrogens with zero attached hydrogens (tertiary/aromatic N) is 2. The van der Waals surface area contributed by atoms with Gasteiger partial charge in [0.2, 0.25) is 0 Å². The molecule has 2 aliphatic rings. The largest absolute Gasteiger partial charge is 0.454 e. The lowest BCUT2D eigenvalue weighted by molar-refractivity contribution is 0.442. The van der Waals surface area contributed by atoms with Crippen LogP contribution in [0.25, 0.3) is 76.2 Å². The monoisotopic (exact) mass is 936 g/mol. The van der Waals surface area contributed by atoms with Gasteiger partial charge >= 0.3 is 0 Å². The van der Waals surface area contributed by atoms with Gasteiger partial charge in [-0.05, 0) is 157 Å². The van der Waals surface area contributed by atoms with Crippen LogP contribution in [0.1, 0.15) is 109 Å². The summed E-state index contributed by atoms with van der Waals surface area (Å²) in [5.74, 6) is 1.06. The predicted octanol–water partition coefficient (Wildman–Crippen LogP) is 20.7. The van der Waals surface area contributed by atoms with E-state index in [1.807, 2.05) is 0 Å². The number of furan rings is 2. The minimum atomic E-state index is 0.528. The summed E-state index contributed by atoms with van der Waals surface area (Å²) in [5, 5.41) is 12.1. The molecule has 0 radical (unpaired) electrons. The number of hydrogen-bond acceptors (Lipinski definition) is 4. The molecule has 0 bridgehead atoms. The normalized spacial score (nSPS) is 15.1. The topological polar surface area (TPSA) is 32.8 Å². The molecule has 12 aromatic rings.